The van der Waals surface area contributed by atoms with Gasteiger partial charge in [-0.25, -0.2) is 4.98 Å². The number of hydrogen-bond acceptors (Lipinski definition) is 7. The number of anilines is 2. The lowest BCUT2D eigenvalue weighted by atomic mass is 10.0. The second-order valence-corrected chi connectivity index (χ2v) is 10.4. The van der Waals surface area contributed by atoms with Crippen LogP contribution in [0.2, 0.25) is 0 Å². The standard InChI is InChI=1S/C29H38N8O2/c1-6-23-27(37-13-8-20(14-25(37)34-23)21(16-30)17-31-5)28(39)35-24-15-22(18-32-19(24)2)33-26(38)9-12-36-11-7-10-29(36,3)4/h8,13-18H,6-7,9-12,30H2,1-5H3,(H,33,38)(H,35,39)/b21-16+,31-17?. The van der Waals surface area contributed by atoms with Gasteiger partial charge < -0.3 is 16.4 Å². The summed E-state index contributed by atoms with van der Waals surface area (Å²) in [6, 6.07) is 5.49. The van der Waals surface area contributed by atoms with Crippen molar-refractivity contribution in [3.8, 4) is 0 Å². The van der Waals surface area contributed by atoms with E-state index in [0.717, 1.165) is 30.5 Å². The van der Waals surface area contributed by atoms with Crippen LogP contribution in [0, 0.1) is 6.92 Å². The van der Waals surface area contributed by atoms with Crippen LogP contribution >= 0.6 is 0 Å². The van der Waals surface area contributed by atoms with Gasteiger partial charge in [-0.05, 0) is 70.3 Å². The fourth-order valence-electron chi connectivity index (χ4n) is 5.06. The lowest BCUT2D eigenvalue weighted by Crippen LogP contribution is -2.39. The second-order valence-electron chi connectivity index (χ2n) is 10.4. The number of carbonyl (C=O) groups excluding carboxylic acids is 2. The summed E-state index contributed by atoms with van der Waals surface area (Å²) in [5, 5.41) is 5.91. The number of aryl methyl sites for hydroxylation is 2. The molecule has 0 atom stereocenters. The number of imidazole rings is 1. The molecule has 1 aliphatic rings. The lowest BCUT2D eigenvalue weighted by molar-refractivity contribution is -0.116. The highest BCUT2D eigenvalue weighted by Gasteiger charge is 2.31. The summed E-state index contributed by atoms with van der Waals surface area (Å²) in [5.41, 5.74) is 11.0. The van der Waals surface area contributed by atoms with Crippen molar-refractivity contribution in [1.29, 1.82) is 0 Å². The normalized spacial score (nSPS) is 15.8. The molecule has 3 aromatic rings. The molecule has 2 amide bonds. The Kier molecular flexibility index (Phi) is 8.44. The molecular formula is C29H38N8O2. The molecule has 0 radical (unpaired) electrons. The highest BCUT2D eigenvalue weighted by atomic mass is 16.2. The van der Waals surface area contributed by atoms with Gasteiger partial charge in [0.15, 0.2) is 0 Å². The van der Waals surface area contributed by atoms with E-state index in [4.69, 9.17) is 5.73 Å². The zero-order valence-electron chi connectivity index (χ0n) is 23.4. The minimum Gasteiger partial charge on any atom is -0.404 e. The first-order valence-electron chi connectivity index (χ1n) is 13.3. The minimum absolute atomic E-state index is 0.0782. The molecule has 10 heteroatoms. The van der Waals surface area contributed by atoms with Crippen molar-refractivity contribution >= 4 is 40.6 Å². The van der Waals surface area contributed by atoms with Crippen molar-refractivity contribution in [1.82, 2.24) is 19.3 Å². The molecule has 4 N–H and O–H groups in total. The molecule has 1 saturated heterocycles. The van der Waals surface area contributed by atoms with Gasteiger partial charge >= 0.3 is 0 Å². The zero-order valence-corrected chi connectivity index (χ0v) is 23.4. The van der Waals surface area contributed by atoms with E-state index in [9.17, 15) is 9.59 Å². The summed E-state index contributed by atoms with van der Waals surface area (Å²) in [6.07, 6.45) is 9.87. The van der Waals surface area contributed by atoms with E-state index >= 15 is 0 Å². The van der Waals surface area contributed by atoms with Crippen molar-refractivity contribution in [3.05, 3.63) is 59.4 Å². The van der Waals surface area contributed by atoms with Gasteiger partial charge in [0.2, 0.25) is 5.91 Å². The number of aromatic nitrogens is 3. The molecule has 4 heterocycles. The summed E-state index contributed by atoms with van der Waals surface area (Å²) in [4.78, 5) is 41.7. The topological polar surface area (TPSA) is 130 Å². The van der Waals surface area contributed by atoms with Crippen LogP contribution in [0.3, 0.4) is 0 Å². The molecule has 3 aromatic heterocycles. The average Bonchev–Trinajstić information content (AvgIpc) is 3.45. The fourth-order valence-corrected chi connectivity index (χ4v) is 5.06. The number of nitrogens with two attached hydrogens (primary N) is 1. The Morgan fingerprint density at radius 2 is 2.05 bits per heavy atom. The molecule has 206 valence electrons. The van der Waals surface area contributed by atoms with Gasteiger partial charge in [0.25, 0.3) is 5.91 Å². The number of aliphatic imine (C=N–C) groups is 1. The van der Waals surface area contributed by atoms with Gasteiger partial charge in [-0.3, -0.25) is 28.9 Å². The first-order valence-corrected chi connectivity index (χ1v) is 13.3. The van der Waals surface area contributed by atoms with E-state index in [1.807, 2.05) is 32.2 Å². The van der Waals surface area contributed by atoms with Gasteiger partial charge in [-0.2, -0.15) is 0 Å². The van der Waals surface area contributed by atoms with E-state index in [1.165, 1.54) is 6.20 Å². The number of allylic oxidation sites excluding steroid dienone is 1. The number of rotatable bonds is 9. The fraction of sp³-hybridized carbons (Fsp3) is 0.414. The molecule has 0 bridgehead atoms. The molecule has 0 unspecified atom stereocenters. The SMILES string of the molecule is CCc1nc2cc(/C(C=NC)=C/N)ccn2c1C(=O)Nc1cc(NC(=O)CCN2CCCC2(C)C)cnc1C. The van der Waals surface area contributed by atoms with Crippen molar-refractivity contribution in [2.24, 2.45) is 10.7 Å². The Morgan fingerprint density at radius 1 is 1.26 bits per heavy atom. The van der Waals surface area contributed by atoms with Crippen LogP contribution in [0.4, 0.5) is 11.4 Å². The molecule has 1 aliphatic heterocycles. The number of likely N-dealkylation sites (tertiary alicyclic amines) is 1. The van der Waals surface area contributed by atoms with Gasteiger partial charge in [-0.1, -0.05) is 6.92 Å². The van der Waals surface area contributed by atoms with Gasteiger partial charge in [-0.15, -0.1) is 0 Å². The zero-order chi connectivity index (χ0) is 28.2. The van der Waals surface area contributed by atoms with Crippen LogP contribution in [0.5, 0.6) is 0 Å². The third-order valence-corrected chi connectivity index (χ3v) is 7.33. The molecule has 0 spiro atoms. The monoisotopic (exact) mass is 530 g/mol. The molecule has 4 rings (SSSR count). The number of nitrogens with one attached hydrogen (secondary N) is 2. The maximum Gasteiger partial charge on any atom is 0.274 e. The smallest absolute Gasteiger partial charge is 0.274 e. The lowest BCUT2D eigenvalue weighted by Gasteiger charge is -2.31. The highest BCUT2D eigenvalue weighted by molar-refractivity contribution is 6.10. The van der Waals surface area contributed by atoms with Crippen LogP contribution in [0.15, 0.2) is 41.8 Å². The largest absolute Gasteiger partial charge is 0.404 e. The first kappa shape index (κ1) is 28.0. The molecule has 0 aromatic carbocycles. The summed E-state index contributed by atoms with van der Waals surface area (Å²) < 4.78 is 1.77. The van der Waals surface area contributed by atoms with Gasteiger partial charge in [0.05, 0.1) is 29.0 Å². The van der Waals surface area contributed by atoms with E-state index in [-0.39, 0.29) is 17.4 Å². The van der Waals surface area contributed by atoms with E-state index in [0.29, 0.717) is 53.5 Å². The number of nitrogens with zero attached hydrogens (tertiary/aromatic N) is 5. The maximum atomic E-state index is 13.5. The Labute approximate surface area is 229 Å². The average molecular weight is 531 g/mol. The predicted molar refractivity (Wildman–Crippen MR) is 156 cm³/mol. The van der Waals surface area contributed by atoms with Gasteiger partial charge in [0, 0.05) is 49.7 Å². The molecule has 10 nitrogen and oxygen atoms in total. The number of hydrogen-bond donors (Lipinski definition) is 3. The quantitative estimate of drug-likeness (QED) is 0.358. The third kappa shape index (κ3) is 6.17. The molecule has 1 fully saturated rings. The van der Waals surface area contributed by atoms with Crippen LogP contribution in [-0.2, 0) is 11.2 Å². The van der Waals surface area contributed by atoms with Gasteiger partial charge in [0.1, 0.15) is 11.3 Å². The number of amides is 2. The van der Waals surface area contributed by atoms with E-state index in [1.54, 1.807) is 29.9 Å². The first-order chi connectivity index (χ1) is 18.7. The maximum absolute atomic E-state index is 13.5. The highest BCUT2D eigenvalue weighted by Crippen LogP contribution is 2.28. The molecular weight excluding hydrogens is 492 g/mol. The summed E-state index contributed by atoms with van der Waals surface area (Å²) in [7, 11) is 1.68. The molecule has 0 saturated carbocycles. The predicted octanol–water partition coefficient (Wildman–Crippen LogP) is 4.06. The molecule has 0 aliphatic carbocycles. The molecule has 39 heavy (non-hydrogen) atoms. The minimum atomic E-state index is -0.304. The van der Waals surface area contributed by atoms with Crippen molar-refractivity contribution in [2.75, 3.05) is 30.8 Å². The van der Waals surface area contributed by atoms with Crippen molar-refractivity contribution in [2.45, 2.75) is 58.9 Å². The van der Waals surface area contributed by atoms with Crippen LogP contribution in [0.1, 0.15) is 67.5 Å². The van der Waals surface area contributed by atoms with Crippen molar-refractivity contribution < 1.29 is 9.59 Å². The second kappa shape index (κ2) is 11.8. The Hall–Kier alpha value is -4.05. The van der Waals surface area contributed by atoms with Crippen LogP contribution in [-0.4, -0.2) is 63.0 Å². The van der Waals surface area contributed by atoms with E-state index < -0.39 is 0 Å². The Balaban J connectivity index is 1.51. The van der Waals surface area contributed by atoms with Crippen LogP contribution in [0.25, 0.3) is 11.2 Å². The number of fused-ring (bicyclic) bond motifs is 1. The van der Waals surface area contributed by atoms with Crippen LogP contribution < -0.4 is 16.4 Å². The summed E-state index contributed by atoms with van der Waals surface area (Å²) >= 11 is 0. The Bertz CT molecular complexity index is 1440. The summed E-state index contributed by atoms with van der Waals surface area (Å²) in [5.74, 6) is -0.382. The summed E-state index contributed by atoms with van der Waals surface area (Å²) in [6.45, 7) is 9.95. The number of carbonyl (C=O) groups is 2. The number of pyridine rings is 2. The third-order valence-electron chi connectivity index (χ3n) is 7.33. The van der Waals surface area contributed by atoms with E-state index in [2.05, 4.69) is 44.3 Å². The van der Waals surface area contributed by atoms with Crippen molar-refractivity contribution in [3.63, 3.8) is 0 Å². The Morgan fingerprint density at radius 3 is 2.72 bits per heavy atom.